The molecule has 7 nitrogen and oxygen atoms in total. The SMILES string of the molecule is CC(=O)N1CC(CC(=O)N[C@@H](CCN2CCC(NC(=O)Cc3ccc(F)cc3)CC2)c2ccccc2)C1. The Hall–Kier alpha value is -3.26. The van der Waals surface area contributed by atoms with Crippen LogP contribution in [0.1, 0.15) is 49.8 Å². The maximum absolute atomic E-state index is 13.1. The van der Waals surface area contributed by atoms with E-state index in [2.05, 4.69) is 27.7 Å². The fourth-order valence-corrected chi connectivity index (χ4v) is 5.16. The molecule has 2 aromatic carbocycles. The molecule has 2 heterocycles. The van der Waals surface area contributed by atoms with Crippen molar-refractivity contribution in [2.24, 2.45) is 5.92 Å². The molecule has 0 aliphatic carbocycles. The number of rotatable bonds is 10. The first-order valence-electron chi connectivity index (χ1n) is 13.2. The zero-order valence-corrected chi connectivity index (χ0v) is 21.5. The smallest absolute Gasteiger partial charge is 0.224 e. The summed E-state index contributed by atoms with van der Waals surface area (Å²) in [7, 11) is 0. The zero-order valence-electron chi connectivity index (χ0n) is 21.5. The van der Waals surface area contributed by atoms with Crippen LogP contribution in [0.3, 0.4) is 0 Å². The summed E-state index contributed by atoms with van der Waals surface area (Å²) in [5, 5.41) is 6.35. The van der Waals surface area contributed by atoms with Crippen molar-refractivity contribution >= 4 is 17.7 Å². The molecule has 2 aliphatic heterocycles. The molecular weight excluding hydrogens is 471 g/mol. The average molecular weight is 509 g/mol. The van der Waals surface area contributed by atoms with Gasteiger partial charge in [-0.3, -0.25) is 14.4 Å². The van der Waals surface area contributed by atoms with Crippen LogP contribution in [0.15, 0.2) is 54.6 Å². The number of hydrogen-bond acceptors (Lipinski definition) is 4. The average Bonchev–Trinajstić information content (AvgIpc) is 2.86. The molecule has 0 spiro atoms. The second kappa shape index (κ2) is 12.8. The van der Waals surface area contributed by atoms with Gasteiger partial charge in [0.1, 0.15) is 5.82 Å². The minimum atomic E-state index is -0.301. The lowest BCUT2D eigenvalue weighted by molar-refractivity contribution is -0.137. The lowest BCUT2D eigenvalue weighted by Gasteiger charge is -2.38. The second-order valence-corrected chi connectivity index (χ2v) is 10.3. The van der Waals surface area contributed by atoms with Gasteiger partial charge in [-0.25, -0.2) is 4.39 Å². The lowest BCUT2D eigenvalue weighted by Crippen LogP contribution is -2.50. The van der Waals surface area contributed by atoms with Crippen molar-refractivity contribution < 1.29 is 18.8 Å². The van der Waals surface area contributed by atoms with Crippen LogP contribution in [0.5, 0.6) is 0 Å². The summed E-state index contributed by atoms with van der Waals surface area (Å²) in [6.45, 7) is 5.52. The number of benzene rings is 2. The number of likely N-dealkylation sites (tertiary alicyclic amines) is 2. The number of carbonyl (C=O) groups excluding carboxylic acids is 3. The van der Waals surface area contributed by atoms with Crippen molar-refractivity contribution in [2.45, 2.75) is 51.1 Å². The molecule has 2 N–H and O–H groups in total. The third kappa shape index (κ3) is 8.12. The molecule has 37 heavy (non-hydrogen) atoms. The van der Waals surface area contributed by atoms with E-state index in [-0.39, 0.29) is 48.0 Å². The number of hydrogen-bond donors (Lipinski definition) is 2. The van der Waals surface area contributed by atoms with Crippen LogP contribution in [0, 0.1) is 11.7 Å². The maximum Gasteiger partial charge on any atom is 0.224 e. The van der Waals surface area contributed by atoms with E-state index < -0.39 is 0 Å². The fourth-order valence-electron chi connectivity index (χ4n) is 5.16. The van der Waals surface area contributed by atoms with E-state index in [0.29, 0.717) is 19.5 Å². The summed E-state index contributed by atoms with van der Waals surface area (Å²) in [5.74, 6) is -0.00273. The van der Waals surface area contributed by atoms with Crippen molar-refractivity contribution in [1.82, 2.24) is 20.4 Å². The van der Waals surface area contributed by atoms with E-state index in [1.54, 1.807) is 24.0 Å². The second-order valence-electron chi connectivity index (χ2n) is 10.3. The lowest BCUT2D eigenvalue weighted by atomic mass is 9.95. The Balaban J connectivity index is 1.21. The molecule has 198 valence electrons. The quantitative estimate of drug-likeness (QED) is 0.517. The van der Waals surface area contributed by atoms with Gasteiger partial charge >= 0.3 is 0 Å². The Morgan fingerprint density at radius 1 is 0.973 bits per heavy atom. The van der Waals surface area contributed by atoms with Gasteiger partial charge in [-0.15, -0.1) is 0 Å². The molecule has 0 unspecified atom stereocenters. The first kappa shape index (κ1) is 26.8. The predicted octanol–water partition coefficient (Wildman–Crippen LogP) is 3.06. The van der Waals surface area contributed by atoms with Crippen LogP contribution in [0.25, 0.3) is 0 Å². The van der Waals surface area contributed by atoms with Crippen LogP contribution in [0.2, 0.25) is 0 Å². The Morgan fingerprint density at radius 3 is 2.30 bits per heavy atom. The Kier molecular flexibility index (Phi) is 9.28. The van der Waals surface area contributed by atoms with E-state index >= 15 is 0 Å². The Bertz CT molecular complexity index is 1050. The van der Waals surface area contributed by atoms with Crippen molar-refractivity contribution in [2.75, 3.05) is 32.7 Å². The highest BCUT2D eigenvalue weighted by Gasteiger charge is 2.31. The van der Waals surface area contributed by atoms with Gasteiger partial charge in [0.25, 0.3) is 0 Å². The minimum Gasteiger partial charge on any atom is -0.353 e. The highest BCUT2D eigenvalue weighted by atomic mass is 19.1. The number of nitrogens with zero attached hydrogens (tertiary/aromatic N) is 2. The van der Waals surface area contributed by atoms with Crippen LogP contribution in [0.4, 0.5) is 4.39 Å². The molecule has 2 aromatic rings. The van der Waals surface area contributed by atoms with Gasteiger partial charge < -0.3 is 20.4 Å². The van der Waals surface area contributed by atoms with Gasteiger partial charge in [0.05, 0.1) is 12.5 Å². The third-order valence-corrected chi connectivity index (χ3v) is 7.38. The molecule has 8 heteroatoms. The summed E-state index contributed by atoms with van der Waals surface area (Å²) in [6, 6.07) is 16.2. The maximum atomic E-state index is 13.1. The van der Waals surface area contributed by atoms with Crippen molar-refractivity contribution in [3.8, 4) is 0 Å². The van der Waals surface area contributed by atoms with Crippen LogP contribution in [-0.2, 0) is 20.8 Å². The molecule has 0 bridgehead atoms. The number of piperidine rings is 1. The van der Waals surface area contributed by atoms with Gasteiger partial charge in [0, 0.05) is 58.0 Å². The van der Waals surface area contributed by atoms with Gasteiger partial charge in [0.15, 0.2) is 0 Å². The summed E-state index contributed by atoms with van der Waals surface area (Å²) in [5.41, 5.74) is 1.90. The van der Waals surface area contributed by atoms with E-state index in [0.717, 1.165) is 50.0 Å². The van der Waals surface area contributed by atoms with E-state index in [9.17, 15) is 18.8 Å². The van der Waals surface area contributed by atoms with Gasteiger partial charge in [0.2, 0.25) is 17.7 Å². The predicted molar refractivity (Wildman–Crippen MR) is 140 cm³/mol. The topological polar surface area (TPSA) is 81.8 Å². The van der Waals surface area contributed by atoms with E-state index in [1.165, 1.54) is 12.1 Å². The highest BCUT2D eigenvalue weighted by Crippen LogP contribution is 2.22. The first-order chi connectivity index (χ1) is 17.9. The molecular formula is C29H37FN4O3. The van der Waals surface area contributed by atoms with E-state index in [4.69, 9.17) is 0 Å². The Morgan fingerprint density at radius 2 is 1.65 bits per heavy atom. The van der Waals surface area contributed by atoms with Crippen molar-refractivity contribution in [3.63, 3.8) is 0 Å². The number of nitrogens with one attached hydrogen (secondary N) is 2. The summed E-state index contributed by atoms with van der Waals surface area (Å²) in [4.78, 5) is 40.7. The molecule has 2 saturated heterocycles. The van der Waals surface area contributed by atoms with Gasteiger partial charge in [-0.05, 0) is 42.5 Å². The standard InChI is InChI=1S/C29H37FN4O3/c1-21(35)34-19-23(20-34)18-29(37)32-27(24-5-3-2-4-6-24)13-16-33-14-11-26(12-15-33)31-28(36)17-22-7-9-25(30)10-8-22/h2-10,23,26-27H,11-20H2,1H3,(H,31,36)(H,32,37)/t27-/m0/s1. The monoisotopic (exact) mass is 508 g/mol. The summed E-state index contributed by atoms with van der Waals surface area (Å²) < 4.78 is 13.1. The molecule has 0 radical (unpaired) electrons. The van der Waals surface area contributed by atoms with Crippen LogP contribution in [-0.4, -0.2) is 66.3 Å². The number of amides is 3. The van der Waals surface area contributed by atoms with Crippen molar-refractivity contribution in [3.05, 3.63) is 71.5 Å². The van der Waals surface area contributed by atoms with Gasteiger partial charge in [-0.2, -0.15) is 0 Å². The molecule has 3 amide bonds. The highest BCUT2D eigenvalue weighted by molar-refractivity contribution is 5.79. The molecule has 1 atom stereocenters. The number of halogens is 1. The minimum absolute atomic E-state index is 0.0321. The largest absolute Gasteiger partial charge is 0.353 e. The third-order valence-electron chi connectivity index (χ3n) is 7.38. The zero-order chi connectivity index (χ0) is 26.2. The normalized spacial score (nSPS) is 17.6. The Labute approximate surface area is 218 Å². The first-order valence-corrected chi connectivity index (χ1v) is 13.2. The van der Waals surface area contributed by atoms with Gasteiger partial charge in [-0.1, -0.05) is 42.5 Å². The summed E-state index contributed by atoms with van der Waals surface area (Å²) in [6.07, 6.45) is 3.27. The fraction of sp³-hybridized carbons (Fsp3) is 0.483. The molecule has 0 saturated carbocycles. The molecule has 2 fully saturated rings. The molecule has 4 rings (SSSR count). The van der Waals surface area contributed by atoms with Crippen LogP contribution >= 0.6 is 0 Å². The van der Waals surface area contributed by atoms with Crippen molar-refractivity contribution in [1.29, 1.82) is 0 Å². The van der Waals surface area contributed by atoms with Crippen LogP contribution < -0.4 is 10.6 Å². The summed E-state index contributed by atoms with van der Waals surface area (Å²) >= 11 is 0. The number of carbonyl (C=O) groups is 3. The van der Waals surface area contributed by atoms with E-state index in [1.807, 2.05) is 18.2 Å². The molecule has 0 aromatic heterocycles. The molecule has 2 aliphatic rings.